The highest BCUT2D eigenvalue weighted by Gasteiger charge is 2.30. The fourth-order valence-electron chi connectivity index (χ4n) is 2.17. The molecule has 138 valence electrons. The van der Waals surface area contributed by atoms with Crippen LogP contribution in [0.5, 0.6) is 0 Å². The van der Waals surface area contributed by atoms with Gasteiger partial charge in [-0.15, -0.1) is 11.8 Å². The number of thioether (sulfide) groups is 1. The van der Waals surface area contributed by atoms with Crippen LogP contribution in [0.25, 0.3) is 0 Å². The number of carbonyl (C=O) groups is 1. The lowest BCUT2D eigenvalue weighted by atomic mass is 10.1. The smallest absolute Gasteiger partial charge is 0.252 e. The first-order valence-electron chi connectivity index (χ1n) is 8.05. The minimum atomic E-state index is -1.61. The molecule has 0 fully saturated rings. The zero-order valence-corrected chi connectivity index (χ0v) is 15.8. The zero-order valence-electron chi connectivity index (χ0n) is 15.0. The van der Waals surface area contributed by atoms with E-state index in [9.17, 15) is 15.0 Å². The van der Waals surface area contributed by atoms with Gasteiger partial charge in [-0.25, -0.2) is 0 Å². The molecule has 1 aliphatic heterocycles. The first-order valence-corrected chi connectivity index (χ1v) is 9.28. The van der Waals surface area contributed by atoms with Crippen LogP contribution in [-0.4, -0.2) is 65.5 Å². The number of hydrogen-bond acceptors (Lipinski definition) is 6. The molecule has 0 aromatic carbocycles. The largest absolute Gasteiger partial charge is 0.382 e. The average Bonchev–Trinajstić information content (AvgIpc) is 2.69. The topological polar surface area (TPSA) is 85.2 Å². The maximum absolute atomic E-state index is 12.1. The van der Waals surface area contributed by atoms with Crippen molar-refractivity contribution in [1.29, 1.82) is 0 Å². The standard InChI is InChI=1S/C18H27N3O3S/c1-5-14(25-4)10-12-20-18(24)16(23)15(22)17-19-11-8-6-7-9-13(2)21(17)3/h5-9,15-16,22-23H,2,10-12H2,1,3-4H3,(H,20,24)/b8-6-,9-7-,14-5-,19-17?/t15-,16-/m1/s1. The van der Waals surface area contributed by atoms with Gasteiger partial charge in [-0.1, -0.05) is 30.9 Å². The van der Waals surface area contributed by atoms with Crippen LogP contribution in [0.3, 0.4) is 0 Å². The van der Waals surface area contributed by atoms with Crippen molar-refractivity contribution < 1.29 is 15.0 Å². The molecule has 6 nitrogen and oxygen atoms in total. The van der Waals surface area contributed by atoms with Gasteiger partial charge >= 0.3 is 0 Å². The van der Waals surface area contributed by atoms with Crippen LogP contribution in [0.1, 0.15) is 13.3 Å². The first-order chi connectivity index (χ1) is 11.9. The average molecular weight is 365 g/mol. The Labute approximate surface area is 153 Å². The molecule has 0 aromatic rings. The summed E-state index contributed by atoms with van der Waals surface area (Å²) in [6.45, 7) is 6.55. The normalized spacial score (nSPS) is 20.7. The molecule has 3 N–H and O–H groups in total. The number of nitrogens with one attached hydrogen (secondary N) is 1. The number of rotatable bonds is 7. The summed E-state index contributed by atoms with van der Waals surface area (Å²) in [7, 11) is 1.68. The third-order valence-electron chi connectivity index (χ3n) is 3.76. The van der Waals surface area contributed by atoms with Crippen LogP contribution in [-0.2, 0) is 4.79 Å². The highest BCUT2D eigenvalue weighted by Crippen LogP contribution is 2.14. The Morgan fingerprint density at radius 1 is 1.52 bits per heavy atom. The molecule has 0 bridgehead atoms. The van der Waals surface area contributed by atoms with Gasteiger partial charge < -0.3 is 20.4 Å². The van der Waals surface area contributed by atoms with Gasteiger partial charge in [0.25, 0.3) is 5.91 Å². The van der Waals surface area contributed by atoms with Crippen LogP contribution >= 0.6 is 11.8 Å². The quantitative estimate of drug-likeness (QED) is 0.636. The molecule has 25 heavy (non-hydrogen) atoms. The highest BCUT2D eigenvalue weighted by molar-refractivity contribution is 8.02. The van der Waals surface area contributed by atoms with Crippen molar-refractivity contribution in [2.75, 3.05) is 26.4 Å². The predicted molar refractivity (Wildman–Crippen MR) is 104 cm³/mol. The van der Waals surface area contributed by atoms with Crippen molar-refractivity contribution in [3.05, 3.63) is 47.6 Å². The summed E-state index contributed by atoms with van der Waals surface area (Å²) in [6, 6.07) is 0. The molecule has 1 amide bonds. The lowest BCUT2D eigenvalue weighted by molar-refractivity contribution is -0.132. The Morgan fingerprint density at radius 2 is 2.24 bits per heavy atom. The van der Waals surface area contributed by atoms with Gasteiger partial charge in [-0.05, 0) is 30.6 Å². The Kier molecular flexibility index (Phi) is 9.26. The van der Waals surface area contributed by atoms with Crippen molar-refractivity contribution in [2.24, 2.45) is 4.99 Å². The summed E-state index contributed by atoms with van der Waals surface area (Å²) in [5, 5.41) is 23.3. The molecule has 2 atom stereocenters. The molecular weight excluding hydrogens is 338 g/mol. The van der Waals surface area contributed by atoms with E-state index >= 15 is 0 Å². The van der Waals surface area contributed by atoms with E-state index in [1.54, 1.807) is 29.8 Å². The number of likely N-dealkylation sites (N-methyl/N-ethyl adjacent to an activating group) is 1. The minimum Gasteiger partial charge on any atom is -0.382 e. The number of aliphatic hydroxyl groups is 2. The maximum Gasteiger partial charge on any atom is 0.252 e. The van der Waals surface area contributed by atoms with Gasteiger partial charge in [-0.3, -0.25) is 9.79 Å². The van der Waals surface area contributed by atoms with E-state index in [0.717, 1.165) is 4.91 Å². The summed E-state index contributed by atoms with van der Waals surface area (Å²) < 4.78 is 0. The minimum absolute atomic E-state index is 0.196. The number of amides is 1. The van der Waals surface area contributed by atoms with Crippen molar-refractivity contribution in [3.8, 4) is 0 Å². The molecule has 0 spiro atoms. The first kappa shape index (κ1) is 21.2. The molecule has 0 aromatic heterocycles. The van der Waals surface area contributed by atoms with Crippen LogP contribution < -0.4 is 5.32 Å². The maximum atomic E-state index is 12.1. The molecule has 1 aliphatic rings. The van der Waals surface area contributed by atoms with E-state index in [-0.39, 0.29) is 5.84 Å². The summed E-state index contributed by atoms with van der Waals surface area (Å²) in [4.78, 5) is 19.1. The van der Waals surface area contributed by atoms with Gasteiger partial charge in [0.15, 0.2) is 6.10 Å². The molecule has 0 unspecified atom stereocenters. The van der Waals surface area contributed by atoms with Crippen molar-refractivity contribution in [2.45, 2.75) is 25.6 Å². The second-order valence-corrected chi connectivity index (χ2v) is 6.36. The molecule has 0 saturated carbocycles. The number of amidine groups is 1. The van der Waals surface area contributed by atoms with Crippen molar-refractivity contribution in [1.82, 2.24) is 10.2 Å². The zero-order chi connectivity index (χ0) is 18.8. The van der Waals surface area contributed by atoms with E-state index in [1.807, 2.05) is 37.5 Å². The van der Waals surface area contributed by atoms with Gasteiger partial charge in [-0.2, -0.15) is 0 Å². The number of allylic oxidation sites excluding steroid dienone is 4. The predicted octanol–water partition coefficient (Wildman–Crippen LogP) is 1.45. The lowest BCUT2D eigenvalue weighted by Crippen LogP contribution is -2.49. The molecular formula is C18H27N3O3S. The Balaban J connectivity index is 2.73. The Hall–Kier alpha value is -1.83. The van der Waals surface area contributed by atoms with E-state index in [4.69, 9.17) is 0 Å². The summed E-state index contributed by atoms with van der Waals surface area (Å²) in [5.41, 5.74) is 0.592. The summed E-state index contributed by atoms with van der Waals surface area (Å²) >= 11 is 1.62. The van der Waals surface area contributed by atoms with Crippen molar-refractivity contribution >= 4 is 23.5 Å². The number of nitrogens with zero attached hydrogens (tertiary/aromatic N) is 2. The monoisotopic (exact) mass is 365 g/mol. The molecule has 1 heterocycles. The van der Waals surface area contributed by atoms with Gasteiger partial charge in [0.1, 0.15) is 11.9 Å². The summed E-state index contributed by atoms with van der Waals surface area (Å²) in [6.07, 6.45) is 8.80. The number of aliphatic hydroxyl groups excluding tert-OH is 2. The van der Waals surface area contributed by atoms with Crippen LogP contribution in [0.2, 0.25) is 0 Å². The summed E-state index contributed by atoms with van der Waals surface area (Å²) in [5.74, 6) is -0.432. The number of carbonyl (C=O) groups excluding carboxylic acids is 1. The second kappa shape index (κ2) is 10.9. The fraction of sp³-hybridized carbons (Fsp3) is 0.444. The van der Waals surface area contributed by atoms with E-state index in [0.29, 0.717) is 25.2 Å². The van der Waals surface area contributed by atoms with Crippen LogP contribution in [0, 0.1) is 0 Å². The van der Waals surface area contributed by atoms with Gasteiger partial charge in [0, 0.05) is 19.3 Å². The third-order valence-corrected chi connectivity index (χ3v) is 4.72. The van der Waals surface area contributed by atoms with Crippen LogP contribution in [0.4, 0.5) is 0 Å². The highest BCUT2D eigenvalue weighted by atomic mass is 32.2. The molecule has 1 rings (SSSR count). The second-order valence-electron chi connectivity index (χ2n) is 5.43. The molecule has 7 heteroatoms. The molecule has 0 aliphatic carbocycles. The van der Waals surface area contributed by atoms with Gasteiger partial charge in [0.2, 0.25) is 0 Å². The number of aliphatic imine (C=N–C) groups is 1. The lowest BCUT2D eigenvalue weighted by Gasteiger charge is -2.27. The van der Waals surface area contributed by atoms with E-state index < -0.39 is 18.1 Å². The van der Waals surface area contributed by atoms with Gasteiger partial charge in [0.05, 0.1) is 6.54 Å². The Morgan fingerprint density at radius 3 is 2.88 bits per heavy atom. The molecule has 0 radical (unpaired) electrons. The van der Waals surface area contributed by atoms with E-state index in [1.165, 1.54) is 0 Å². The van der Waals surface area contributed by atoms with E-state index in [2.05, 4.69) is 16.9 Å². The van der Waals surface area contributed by atoms with Crippen LogP contribution in [0.15, 0.2) is 52.6 Å². The van der Waals surface area contributed by atoms with Crippen molar-refractivity contribution in [3.63, 3.8) is 0 Å². The third kappa shape index (κ3) is 6.53. The fourth-order valence-corrected chi connectivity index (χ4v) is 2.71. The SMILES string of the molecule is C=C1/C=C\C=C/CN=C([C@H](O)[C@@H](O)C(=O)NCC/C(=C/C)SC)N1C. The number of hydrogen-bond donors (Lipinski definition) is 3. The Bertz CT molecular complexity index is 596. The molecule has 0 saturated heterocycles.